The number of amides is 4. The number of sulfonamides is 1. The van der Waals surface area contributed by atoms with Crippen LogP contribution in [-0.4, -0.2) is 90.2 Å². The first-order valence-corrected chi connectivity index (χ1v) is 21.0. The second-order valence-corrected chi connectivity index (χ2v) is 18.3. The smallest absolute Gasteiger partial charge is 0.405 e. The number of methoxy groups -OCH3 is 1. The van der Waals surface area contributed by atoms with Crippen LogP contribution in [0.15, 0.2) is 42.6 Å². The maximum Gasteiger partial charge on any atom is 0.405 e. The monoisotopic (exact) mass is 825 g/mol. The molecule has 4 N–H and O–H groups in total. The highest BCUT2D eigenvalue weighted by molar-refractivity contribution is 7.91. The zero-order chi connectivity index (χ0) is 41.9. The van der Waals surface area contributed by atoms with E-state index in [0.29, 0.717) is 43.7 Å². The highest BCUT2D eigenvalue weighted by atomic mass is 32.2. The topological polar surface area (TPSA) is 196 Å². The third-order valence-electron chi connectivity index (χ3n) is 11.5. The molecular formula is C40H61F2N5O9S. The summed E-state index contributed by atoms with van der Waals surface area (Å²) in [7, 11) is -2.24. The number of carbonyl (C=O) groups excluding carboxylic acids is 4. The van der Waals surface area contributed by atoms with Gasteiger partial charge < -0.3 is 30.2 Å². The zero-order valence-corrected chi connectivity index (χ0v) is 34.2. The number of benzene rings is 1. The van der Waals surface area contributed by atoms with Gasteiger partial charge in [-0.05, 0) is 70.3 Å². The van der Waals surface area contributed by atoms with Crippen molar-refractivity contribution in [1.82, 2.24) is 19.9 Å². The highest BCUT2D eigenvalue weighted by Gasteiger charge is 2.62. The Labute approximate surface area is 337 Å². The minimum atomic E-state index is -3.81. The van der Waals surface area contributed by atoms with Gasteiger partial charge in [-0.2, -0.15) is 0 Å². The lowest BCUT2D eigenvalue weighted by Gasteiger charge is -2.29. The van der Waals surface area contributed by atoms with Gasteiger partial charge in [0.1, 0.15) is 23.4 Å². The van der Waals surface area contributed by atoms with Crippen molar-refractivity contribution in [1.29, 1.82) is 0 Å². The predicted molar refractivity (Wildman–Crippen MR) is 214 cm³/mol. The Morgan fingerprint density at radius 1 is 1.12 bits per heavy atom. The number of hydrogen-bond acceptors (Lipinski definition) is 10. The highest BCUT2D eigenvalue weighted by Crippen LogP contribution is 2.46. The number of allylic oxidation sites excluding steroid dienone is 1. The number of fused-ring (bicyclic) bond motifs is 3. The Hall–Kier alpha value is -4.54. The molecule has 1 aromatic carbocycles. The van der Waals surface area contributed by atoms with E-state index in [1.165, 1.54) is 0 Å². The third-order valence-corrected chi connectivity index (χ3v) is 13.3. The summed E-state index contributed by atoms with van der Waals surface area (Å²) in [5.41, 5.74) is 1.34. The molecule has 1 saturated heterocycles. The van der Waals surface area contributed by atoms with Crippen LogP contribution in [0.2, 0.25) is 0 Å². The van der Waals surface area contributed by atoms with Crippen molar-refractivity contribution in [3.63, 3.8) is 0 Å². The van der Waals surface area contributed by atoms with Gasteiger partial charge in [0.15, 0.2) is 5.60 Å². The van der Waals surface area contributed by atoms with Crippen molar-refractivity contribution in [2.75, 3.05) is 13.7 Å². The van der Waals surface area contributed by atoms with Crippen LogP contribution in [0.25, 0.3) is 10.8 Å². The summed E-state index contributed by atoms with van der Waals surface area (Å²) in [5.74, 6) is -3.23. The summed E-state index contributed by atoms with van der Waals surface area (Å²) in [6.07, 6.45) is 9.13. The van der Waals surface area contributed by atoms with Crippen molar-refractivity contribution >= 4 is 44.6 Å². The number of pyridine rings is 1. The minimum absolute atomic E-state index is 0. The Kier molecular flexibility index (Phi) is 13.1. The van der Waals surface area contributed by atoms with Gasteiger partial charge in [-0.3, -0.25) is 19.1 Å². The van der Waals surface area contributed by atoms with Crippen molar-refractivity contribution in [3.05, 3.63) is 42.6 Å². The first-order chi connectivity index (χ1) is 26.7. The normalized spacial score (nSPS) is 27.6. The molecule has 0 bridgehead atoms. The molecule has 2 saturated carbocycles. The van der Waals surface area contributed by atoms with Crippen LogP contribution in [-0.2, 0) is 29.1 Å². The number of ether oxygens (including phenoxy) is 3. The number of primary amides is 1. The average molecular weight is 826 g/mol. The summed E-state index contributed by atoms with van der Waals surface area (Å²) < 4.78 is 68.8. The number of nitrogens with two attached hydrogens (primary N) is 1. The van der Waals surface area contributed by atoms with Gasteiger partial charge in [-0.15, -0.1) is 0 Å². The number of nitrogens with zero attached hydrogens (tertiary/aromatic N) is 2. The van der Waals surface area contributed by atoms with E-state index in [0.717, 1.165) is 50.3 Å². The second-order valence-electron chi connectivity index (χ2n) is 16.3. The molecule has 6 atom stereocenters. The van der Waals surface area contributed by atoms with Crippen LogP contribution < -0.4 is 25.2 Å². The summed E-state index contributed by atoms with van der Waals surface area (Å²) >= 11 is 0. The number of nitrogens with one attached hydrogen (secondary N) is 2. The van der Waals surface area contributed by atoms with Gasteiger partial charge in [0.05, 0.1) is 25.1 Å². The molecule has 320 valence electrons. The lowest BCUT2D eigenvalue weighted by Crippen LogP contribution is -2.56. The lowest BCUT2D eigenvalue weighted by molar-refractivity contribution is -0.148. The van der Waals surface area contributed by atoms with Crippen LogP contribution in [0.4, 0.5) is 13.6 Å². The molecule has 0 unspecified atom stereocenters. The maximum absolute atomic E-state index is 14.1. The summed E-state index contributed by atoms with van der Waals surface area (Å²) in [6.45, 7) is 7.32. The second kappa shape index (κ2) is 17.1. The molecule has 1 aromatic heterocycles. The molecule has 3 fully saturated rings. The quantitative estimate of drug-likeness (QED) is 0.248. The molecule has 2 aliphatic carbocycles. The van der Waals surface area contributed by atoms with Crippen molar-refractivity contribution < 1.29 is 54.9 Å². The van der Waals surface area contributed by atoms with Crippen LogP contribution in [0.5, 0.6) is 11.6 Å². The van der Waals surface area contributed by atoms with E-state index in [1.807, 2.05) is 36.4 Å². The van der Waals surface area contributed by atoms with Crippen molar-refractivity contribution in [2.45, 2.75) is 127 Å². The van der Waals surface area contributed by atoms with Gasteiger partial charge in [-0.25, -0.2) is 27.0 Å². The van der Waals surface area contributed by atoms with E-state index >= 15 is 0 Å². The van der Waals surface area contributed by atoms with Gasteiger partial charge in [0.2, 0.25) is 27.7 Å². The van der Waals surface area contributed by atoms with Crippen LogP contribution in [0, 0.1) is 17.8 Å². The Morgan fingerprint density at radius 2 is 1.81 bits per heavy atom. The molecule has 6 rings (SSSR count). The van der Waals surface area contributed by atoms with Gasteiger partial charge in [0.25, 0.3) is 11.8 Å². The van der Waals surface area contributed by atoms with E-state index in [4.69, 9.17) is 9.47 Å². The van der Waals surface area contributed by atoms with Crippen molar-refractivity contribution in [3.8, 4) is 11.6 Å². The first kappa shape index (κ1) is 43.6. The standard InChI is InChI=1S/C34H44N4O7S.C6H11F2NO2.3H2/c1-4-22-15-21(2)9-5-6-10-23-18-34(23,33(41)37-46(42,43)25-13-14-25)36-31(40)28-17-24(20-38(28)30(39)16-22)45-32-27-12-8-7-11-26(27)29(44-3)19-35-32;1-5(2,6(3,7)8)11-4(9)10;;;/h6-8,10-12,19,21-25,28H,4-5,9,13-18,20H2,1-3H3,(H,36,40)(H,37,41);1-3H3,(H2,9,10);3*1H/b10-6-;;;;/t21-,22-,23-,24-,28+,34-;;;;/m1..../s1. The minimum Gasteiger partial charge on any atom is -0.494 e. The molecule has 4 aliphatic rings. The number of hydrogen-bond donors (Lipinski definition) is 3. The molecule has 14 nitrogen and oxygen atoms in total. The van der Waals surface area contributed by atoms with Crippen LogP contribution in [0.3, 0.4) is 0 Å². The predicted octanol–water partition coefficient (Wildman–Crippen LogP) is 6.12. The maximum atomic E-state index is 14.1. The molecule has 0 spiro atoms. The SMILES string of the molecule is CC(F)(F)C(C)(C)OC(N)=O.CC[C@H]1CC(=O)N2C[C@H](Oc3ncc(OC)c4ccccc34)C[C@H]2C(=O)N[C@]2(C(=O)NS(=O)(=O)C3CC3)C[C@H]2/C=C\CC[C@@H](C)C1.[HH].[HH].[HH]. The van der Waals surface area contributed by atoms with Gasteiger partial charge >= 0.3 is 6.09 Å². The van der Waals surface area contributed by atoms with E-state index in [1.54, 1.807) is 18.2 Å². The van der Waals surface area contributed by atoms with E-state index in [2.05, 4.69) is 39.3 Å². The van der Waals surface area contributed by atoms with E-state index in [-0.39, 0.29) is 41.4 Å². The molecule has 2 aliphatic heterocycles. The molecule has 57 heavy (non-hydrogen) atoms. The molecule has 2 aromatic rings. The summed E-state index contributed by atoms with van der Waals surface area (Å²) in [4.78, 5) is 57.8. The third kappa shape index (κ3) is 10.3. The molecule has 3 heterocycles. The number of alkyl halides is 2. The van der Waals surface area contributed by atoms with E-state index < -0.39 is 62.4 Å². The van der Waals surface area contributed by atoms with Crippen LogP contribution in [0.1, 0.15) is 96.7 Å². The summed E-state index contributed by atoms with van der Waals surface area (Å²) in [5, 5.41) is 3.94. The molecule has 17 heteroatoms. The van der Waals surface area contributed by atoms with Gasteiger partial charge in [-0.1, -0.05) is 50.6 Å². The van der Waals surface area contributed by atoms with E-state index in [9.17, 15) is 36.4 Å². The first-order valence-electron chi connectivity index (χ1n) is 19.5. The molecule has 4 amide bonds. The summed E-state index contributed by atoms with van der Waals surface area (Å²) in [6, 6.07) is 6.69. The van der Waals surface area contributed by atoms with Crippen LogP contribution >= 0.6 is 0 Å². The lowest BCUT2D eigenvalue weighted by atomic mass is 9.88. The number of rotatable bonds is 9. The Morgan fingerprint density at radius 3 is 2.40 bits per heavy atom. The number of halogens is 2. The fourth-order valence-electron chi connectivity index (χ4n) is 7.36. The van der Waals surface area contributed by atoms with Gasteiger partial charge in [0, 0.05) is 40.7 Å². The Bertz CT molecular complexity index is 1990. The Balaban J connectivity index is 0.000000782. The largest absolute Gasteiger partial charge is 0.494 e. The molecular weight excluding hydrogens is 765 g/mol. The zero-order valence-electron chi connectivity index (χ0n) is 33.4. The number of aromatic nitrogens is 1. The average Bonchev–Trinajstić information content (AvgIpc) is 4.06. The van der Waals surface area contributed by atoms with Crippen molar-refractivity contribution in [2.24, 2.45) is 23.5 Å². The molecule has 0 radical (unpaired) electrons. The fourth-order valence-corrected chi connectivity index (χ4v) is 8.72. The number of carbonyl (C=O) groups is 4. The fraction of sp³-hybridized carbons (Fsp3) is 0.625.